The molecule has 0 radical (unpaired) electrons. The molecule has 0 aliphatic heterocycles. The first-order chi connectivity index (χ1) is 14.6. The van der Waals surface area contributed by atoms with Gasteiger partial charge in [-0.2, -0.15) is 0 Å². The SMILES string of the molecule is CCCCCCCc1c(O)c(O)c(OCCCC)c(OCCCC)c1OCCCC. The molecule has 0 aromatic heterocycles. The molecule has 0 bridgehead atoms. The fraction of sp³-hybridized carbons (Fsp3) is 0.760. The molecule has 0 spiro atoms. The molecule has 0 saturated carbocycles. The van der Waals surface area contributed by atoms with E-state index in [-0.39, 0.29) is 17.2 Å². The first-order valence-electron chi connectivity index (χ1n) is 12.1. The van der Waals surface area contributed by atoms with E-state index in [1.807, 2.05) is 0 Å². The van der Waals surface area contributed by atoms with Crippen molar-refractivity contribution in [2.24, 2.45) is 0 Å². The zero-order chi connectivity index (χ0) is 22.2. The van der Waals surface area contributed by atoms with Crippen molar-refractivity contribution in [1.82, 2.24) is 0 Å². The third kappa shape index (κ3) is 8.53. The predicted octanol–water partition coefficient (Wildman–Crippen LogP) is 7.15. The van der Waals surface area contributed by atoms with E-state index in [0.29, 0.717) is 43.3 Å². The number of ether oxygens (including phenoxy) is 3. The van der Waals surface area contributed by atoms with Gasteiger partial charge in [-0.05, 0) is 32.1 Å². The molecule has 0 heterocycles. The summed E-state index contributed by atoms with van der Waals surface area (Å²) in [6, 6.07) is 0. The van der Waals surface area contributed by atoms with Crippen LogP contribution in [0, 0.1) is 0 Å². The fourth-order valence-electron chi connectivity index (χ4n) is 3.22. The van der Waals surface area contributed by atoms with Crippen LogP contribution in [0.3, 0.4) is 0 Å². The van der Waals surface area contributed by atoms with E-state index in [4.69, 9.17) is 14.2 Å². The monoisotopic (exact) mass is 424 g/mol. The van der Waals surface area contributed by atoms with Gasteiger partial charge in [0.1, 0.15) is 0 Å². The van der Waals surface area contributed by atoms with Gasteiger partial charge in [0.25, 0.3) is 0 Å². The van der Waals surface area contributed by atoms with E-state index in [0.717, 1.165) is 51.4 Å². The summed E-state index contributed by atoms with van der Waals surface area (Å²) in [5.41, 5.74) is 0.634. The van der Waals surface area contributed by atoms with Crippen molar-refractivity contribution in [2.75, 3.05) is 19.8 Å². The van der Waals surface area contributed by atoms with Crippen LogP contribution < -0.4 is 14.2 Å². The molecule has 0 unspecified atom stereocenters. The molecule has 2 N–H and O–H groups in total. The summed E-state index contributed by atoms with van der Waals surface area (Å²) in [5.74, 6) is 0.819. The average Bonchev–Trinajstić information content (AvgIpc) is 2.74. The van der Waals surface area contributed by atoms with Crippen molar-refractivity contribution in [3.05, 3.63) is 5.56 Å². The van der Waals surface area contributed by atoms with Gasteiger partial charge in [-0.15, -0.1) is 0 Å². The van der Waals surface area contributed by atoms with Crippen LogP contribution in [0.1, 0.15) is 104 Å². The van der Waals surface area contributed by atoms with Gasteiger partial charge in [-0.25, -0.2) is 0 Å². The number of phenolic OH excluding ortho intramolecular Hbond substituents is 2. The standard InChI is InChI=1S/C25H44O5/c1-5-9-13-14-15-16-20-21(26)22(27)24(29-18-11-7-3)25(30-19-12-8-4)23(20)28-17-10-6-2/h26-27H,5-19H2,1-4H3. The lowest BCUT2D eigenvalue weighted by Gasteiger charge is -2.22. The van der Waals surface area contributed by atoms with E-state index in [1.165, 1.54) is 19.3 Å². The maximum atomic E-state index is 10.8. The van der Waals surface area contributed by atoms with Crippen molar-refractivity contribution in [3.63, 3.8) is 0 Å². The predicted molar refractivity (Wildman–Crippen MR) is 123 cm³/mol. The number of benzene rings is 1. The topological polar surface area (TPSA) is 68.2 Å². The first kappa shape index (κ1) is 26.3. The number of hydrogen-bond donors (Lipinski definition) is 2. The van der Waals surface area contributed by atoms with Gasteiger partial charge in [-0.1, -0.05) is 72.6 Å². The average molecular weight is 425 g/mol. The Morgan fingerprint density at radius 3 is 1.50 bits per heavy atom. The first-order valence-corrected chi connectivity index (χ1v) is 12.1. The van der Waals surface area contributed by atoms with Gasteiger partial charge in [0.15, 0.2) is 11.5 Å². The molecule has 5 heteroatoms. The van der Waals surface area contributed by atoms with Gasteiger partial charge in [0.05, 0.1) is 19.8 Å². The third-order valence-electron chi connectivity index (χ3n) is 5.17. The summed E-state index contributed by atoms with van der Waals surface area (Å²) >= 11 is 0. The number of unbranched alkanes of at least 4 members (excludes halogenated alkanes) is 7. The minimum atomic E-state index is -0.232. The van der Waals surface area contributed by atoms with E-state index >= 15 is 0 Å². The van der Waals surface area contributed by atoms with Gasteiger partial charge >= 0.3 is 0 Å². The van der Waals surface area contributed by atoms with Crippen LogP contribution >= 0.6 is 0 Å². The highest BCUT2D eigenvalue weighted by atomic mass is 16.5. The molecule has 1 rings (SSSR count). The molecule has 30 heavy (non-hydrogen) atoms. The van der Waals surface area contributed by atoms with Crippen LogP contribution in [0.2, 0.25) is 0 Å². The third-order valence-corrected chi connectivity index (χ3v) is 5.17. The molecule has 0 amide bonds. The van der Waals surface area contributed by atoms with Crippen LogP contribution in [0.15, 0.2) is 0 Å². The molecule has 0 atom stereocenters. The van der Waals surface area contributed by atoms with Crippen molar-refractivity contribution >= 4 is 0 Å². The van der Waals surface area contributed by atoms with Gasteiger partial charge in [0.2, 0.25) is 17.2 Å². The Balaban J connectivity index is 3.25. The Morgan fingerprint density at radius 2 is 0.967 bits per heavy atom. The van der Waals surface area contributed by atoms with Crippen molar-refractivity contribution < 1.29 is 24.4 Å². The number of aromatic hydroxyl groups is 2. The van der Waals surface area contributed by atoms with Crippen molar-refractivity contribution in [2.45, 2.75) is 105 Å². The highest BCUT2D eigenvalue weighted by Crippen LogP contribution is 2.53. The number of rotatable bonds is 18. The molecule has 1 aromatic rings. The Morgan fingerprint density at radius 1 is 0.500 bits per heavy atom. The Labute approximate surface area is 183 Å². The molecule has 0 aliphatic carbocycles. The lowest BCUT2D eigenvalue weighted by atomic mass is 10.0. The molecular weight excluding hydrogens is 380 g/mol. The maximum absolute atomic E-state index is 10.8. The molecule has 0 aliphatic rings. The van der Waals surface area contributed by atoms with E-state index in [9.17, 15) is 10.2 Å². The Hall–Kier alpha value is -1.78. The second-order valence-corrected chi connectivity index (χ2v) is 7.93. The van der Waals surface area contributed by atoms with E-state index in [2.05, 4.69) is 27.7 Å². The Kier molecular flexibility index (Phi) is 14.0. The smallest absolute Gasteiger partial charge is 0.211 e. The Bertz CT molecular complexity index is 586. The zero-order valence-corrected chi connectivity index (χ0v) is 19.7. The van der Waals surface area contributed by atoms with Crippen LogP contribution in [0.4, 0.5) is 0 Å². The van der Waals surface area contributed by atoms with Crippen LogP contribution in [-0.4, -0.2) is 30.0 Å². The lowest BCUT2D eigenvalue weighted by Crippen LogP contribution is -2.08. The minimum Gasteiger partial charge on any atom is -0.504 e. The van der Waals surface area contributed by atoms with Crippen LogP contribution in [0.5, 0.6) is 28.7 Å². The molecule has 174 valence electrons. The number of phenols is 2. The normalized spacial score (nSPS) is 10.9. The van der Waals surface area contributed by atoms with Gasteiger partial charge in [0, 0.05) is 5.56 Å². The quantitative estimate of drug-likeness (QED) is 0.193. The molecule has 1 aromatic carbocycles. The second-order valence-electron chi connectivity index (χ2n) is 7.93. The van der Waals surface area contributed by atoms with Gasteiger partial charge < -0.3 is 24.4 Å². The minimum absolute atomic E-state index is 0.133. The highest BCUT2D eigenvalue weighted by molar-refractivity contribution is 5.69. The fourth-order valence-corrected chi connectivity index (χ4v) is 3.22. The largest absolute Gasteiger partial charge is 0.504 e. The maximum Gasteiger partial charge on any atom is 0.211 e. The summed E-state index contributed by atoms with van der Waals surface area (Å²) in [5, 5.41) is 21.5. The van der Waals surface area contributed by atoms with Crippen molar-refractivity contribution in [1.29, 1.82) is 0 Å². The molecule has 0 saturated heterocycles. The number of hydrogen-bond acceptors (Lipinski definition) is 5. The molecule has 5 nitrogen and oxygen atoms in total. The van der Waals surface area contributed by atoms with E-state index < -0.39 is 0 Å². The van der Waals surface area contributed by atoms with Crippen LogP contribution in [-0.2, 0) is 6.42 Å². The highest BCUT2D eigenvalue weighted by Gasteiger charge is 2.27. The van der Waals surface area contributed by atoms with E-state index in [1.54, 1.807) is 0 Å². The second kappa shape index (κ2) is 16.0. The summed E-state index contributed by atoms with van der Waals surface area (Å²) in [7, 11) is 0. The van der Waals surface area contributed by atoms with Crippen LogP contribution in [0.25, 0.3) is 0 Å². The summed E-state index contributed by atoms with van der Waals surface area (Å²) in [6.07, 6.45) is 11.9. The molecule has 0 fully saturated rings. The zero-order valence-electron chi connectivity index (χ0n) is 19.7. The summed E-state index contributed by atoms with van der Waals surface area (Å²) in [4.78, 5) is 0. The van der Waals surface area contributed by atoms with Gasteiger partial charge in [-0.3, -0.25) is 0 Å². The lowest BCUT2D eigenvalue weighted by molar-refractivity contribution is 0.225. The summed E-state index contributed by atoms with van der Waals surface area (Å²) < 4.78 is 18.1. The summed E-state index contributed by atoms with van der Waals surface area (Å²) in [6.45, 7) is 10.0. The molecular formula is C25H44O5. The van der Waals surface area contributed by atoms with Crippen molar-refractivity contribution in [3.8, 4) is 28.7 Å².